The lowest BCUT2D eigenvalue weighted by Crippen LogP contribution is -2.10. The van der Waals surface area contributed by atoms with Gasteiger partial charge in [0.05, 0.1) is 16.9 Å². The van der Waals surface area contributed by atoms with Gasteiger partial charge in [-0.2, -0.15) is 8.78 Å². The van der Waals surface area contributed by atoms with Gasteiger partial charge in [0.15, 0.2) is 5.78 Å². The van der Waals surface area contributed by atoms with Crippen molar-refractivity contribution in [3.05, 3.63) is 64.4 Å². The fourth-order valence-corrected chi connectivity index (χ4v) is 3.44. The molecule has 0 spiro atoms. The molecular formula is C21H17F2NO4S. The molecule has 0 saturated carbocycles. The number of hydrogen-bond donors (Lipinski definition) is 1. The maximum Gasteiger partial charge on any atom is 0.387 e. The average molecular weight is 417 g/mol. The zero-order valence-corrected chi connectivity index (χ0v) is 16.4. The molecule has 1 amide bonds. The number of thiophene rings is 1. The molecule has 0 bridgehead atoms. The Hall–Kier alpha value is -3.26. The highest BCUT2D eigenvalue weighted by atomic mass is 32.1. The van der Waals surface area contributed by atoms with Crippen LogP contribution in [0, 0.1) is 0 Å². The fraction of sp³-hybridized carbons (Fsp3) is 0.143. The molecular weight excluding hydrogens is 400 g/mol. The van der Waals surface area contributed by atoms with E-state index >= 15 is 0 Å². The lowest BCUT2D eigenvalue weighted by Gasteiger charge is -2.14. The van der Waals surface area contributed by atoms with E-state index < -0.39 is 12.5 Å². The summed E-state index contributed by atoms with van der Waals surface area (Å²) in [5.74, 6) is 0.0849. The lowest BCUT2D eigenvalue weighted by molar-refractivity contribution is -0.0494. The van der Waals surface area contributed by atoms with Crippen molar-refractivity contribution in [1.29, 1.82) is 0 Å². The van der Waals surface area contributed by atoms with E-state index in [1.165, 1.54) is 26.2 Å². The molecule has 0 aliphatic rings. The molecule has 0 saturated heterocycles. The molecule has 0 aliphatic heterocycles. The third-order valence-corrected chi connectivity index (χ3v) is 5.22. The highest BCUT2D eigenvalue weighted by Crippen LogP contribution is 2.35. The molecule has 1 N–H and O–H groups in total. The molecule has 0 aliphatic carbocycles. The number of halogens is 2. The number of hydrogen-bond acceptors (Lipinski definition) is 5. The Kier molecular flexibility index (Phi) is 6.23. The SMILES string of the molecule is COc1ccc(-c2cc(NC(=O)c3ccc(C(C)=O)s3)ccc2OC(F)F)cc1. The Morgan fingerprint density at radius 2 is 1.69 bits per heavy atom. The Bertz CT molecular complexity index is 1030. The molecule has 3 aromatic rings. The number of nitrogens with one attached hydrogen (secondary N) is 1. The van der Waals surface area contributed by atoms with Gasteiger partial charge in [-0.05, 0) is 55.0 Å². The zero-order chi connectivity index (χ0) is 21.0. The largest absolute Gasteiger partial charge is 0.497 e. The predicted octanol–water partition coefficient (Wildman–Crippen LogP) is 5.48. The summed E-state index contributed by atoms with van der Waals surface area (Å²) >= 11 is 1.09. The summed E-state index contributed by atoms with van der Waals surface area (Å²) in [5, 5.41) is 2.72. The number of carbonyl (C=O) groups is 2. The predicted molar refractivity (Wildman–Crippen MR) is 107 cm³/mol. The van der Waals surface area contributed by atoms with Crippen LogP contribution >= 0.6 is 11.3 Å². The van der Waals surface area contributed by atoms with Gasteiger partial charge in [0.1, 0.15) is 11.5 Å². The summed E-state index contributed by atoms with van der Waals surface area (Å²) in [4.78, 5) is 24.7. The first-order valence-electron chi connectivity index (χ1n) is 8.53. The van der Waals surface area contributed by atoms with E-state index in [4.69, 9.17) is 4.74 Å². The number of methoxy groups -OCH3 is 1. The summed E-state index contributed by atoms with van der Waals surface area (Å²) in [7, 11) is 1.53. The number of ether oxygens (including phenoxy) is 2. The van der Waals surface area contributed by atoms with Crippen LogP contribution in [-0.4, -0.2) is 25.4 Å². The van der Waals surface area contributed by atoms with Crippen LogP contribution in [-0.2, 0) is 0 Å². The normalized spacial score (nSPS) is 10.7. The fourth-order valence-electron chi connectivity index (χ4n) is 2.64. The standard InChI is InChI=1S/C21H17F2NO4S/c1-12(25)18-9-10-19(29-18)20(26)24-14-5-8-17(28-21(22)23)16(11-14)13-3-6-15(27-2)7-4-13/h3-11,21H,1-2H3,(H,24,26). The van der Waals surface area contributed by atoms with Crippen molar-refractivity contribution < 1.29 is 27.8 Å². The van der Waals surface area contributed by atoms with Crippen molar-refractivity contribution in [3.63, 3.8) is 0 Å². The van der Waals surface area contributed by atoms with Gasteiger partial charge in [-0.25, -0.2) is 0 Å². The number of Topliss-reactive ketones (excluding diaryl/α,β-unsaturated/α-hetero) is 1. The van der Waals surface area contributed by atoms with E-state index in [0.29, 0.717) is 32.3 Å². The van der Waals surface area contributed by atoms with Gasteiger partial charge in [-0.3, -0.25) is 9.59 Å². The van der Waals surface area contributed by atoms with Crippen LogP contribution in [0.5, 0.6) is 11.5 Å². The van der Waals surface area contributed by atoms with Crippen LogP contribution in [0.25, 0.3) is 11.1 Å². The third kappa shape index (κ3) is 4.97. The number of alkyl halides is 2. The number of anilines is 1. The van der Waals surface area contributed by atoms with Gasteiger partial charge in [0.25, 0.3) is 5.91 Å². The van der Waals surface area contributed by atoms with Crippen LogP contribution in [0.3, 0.4) is 0 Å². The maximum absolute atomic E-state index is 12.8. The van der Waals surface area contributed by atoms with Crippen LogP contribution in [0.4, 0.5) is 14.5 Å². The van der Waals surface area contributed by atoms with Gasteiger partial charge in [0, 0.05) is 11.3 Å². The third-order valence-electron chi connectivity index (χ3n) is 4.03. The van der Waals surface area contributed by atoms with Gasteiger partial charge in [-0.15, -0.1) is 11.3 Å². The number of ketones is 1. The van der Waals surface area contributed by atoms with Gasteiger partial charge < -0.3 is 14.8 Å². The van der Waals surface area contributed by atoms with Crippen molar-refractivity contribution in [1.82, 2.24) is 0 Å². The molecule has 0 atom stereocenters. The Labute approximate surface area is 169 Å². The summed E-state index contributed by atoms with van der Waals surface area (Å²) in [6.07, 6.45) is 0. The number of amides is 1. The van der Waals surface area contributed by atoms with Crippen molar-refractivity contribution in [2.75, 3.05) is 12.4 Å². The minimum Gasteiger partial charge on any atom is -0.497 e. The van der Waals surface area contributed by atoms with Gasteiger partial charge >= 0.3 is 6.61 Å². The number of benzene rings is 2. The van der Waals surface area contributed by atoms with Crippen LogP contribution in [0.15, 0.2) is 54.6 Å². The first-order valence-corrected chi connectivity index (χ1v) is 9.34. The molecule has 1 aromatic heterocycles. The van der Waals surface area contributed by atoms with Gasteiger partial charge in [0.2, 0.25) is 0 Å². The average Bonchev–Trinajstić information content (AvgIpc) is 3.20. The van der Waals surface area contributed by atoms with E-state index in [0.717, 1.165) is 11.3 Å². The molecule has 3 rings (SSSR count). The van der Waals surface area contributed by atoms with Crippen molar-refractivity contribution in [2.45, 2.75) is 13.5 Å². The van der Waals surface area contributed by atoms with E-state index in [1.54, 1.807) is 42.5 Å². The van der Waals surface area contributed by atoms with E-state index in [9.17, 15) is 18.4 Å². The number of carbonyl (C=O) groups excluding carboxylic acids is 2. The smallest absolute Gasteiger partial charge is 0.387 e. The van der Waals surface area contributed by atoms with Gasteiger partial charge in [-0.1, -0.05) is 12.1 Å². The monoisotopic (exact) mass is 417 g/mol. The van der Waals surface area contributed by atoms with E-state index in [2.05, 4.69) is 10.1 Å². The highest BCUT2D eigenvalue weighted by molar-refractivity contribution is 7.16. The zero-order valence-electron chi connectivity index (χ0n) is 15.6. The van der Waals surface area contributed by atoms with Crippen LogP contribution in [0.1, 0.15) is 26.3 Å². The van der Waals surface area contributed by atoms with E-state index in [1.807, 2.05) is 0 Å². The number of rotatable bonds is 7. The molecule has 8 heteroatoms. The highest BCUT2D eigenvalue weighted by Gasteiger charge is 2.15. The van der Waals surface area contributed by atoms with Crippen molar-refractivity contribution in [2.24, 2.45) is 0 Å². The molecule has 150 valence electrons. The minimum absolute atomic E-state index is 0.0156. The molecule has 0 unspecified atom stereocenters. The molecule has 2 aromatic carbocycles. The second kappa shape index (κ2) is 8.83. The Morgan fingerprint density at radius 3 is 2.28 bits per heavy atom. The lowest BCUT2D eigenvalue weighted by atomic mass is 10.0. The van der Waals surface area contributed by atoms with Crippen molar-refractivity contribution in [3.8, 4) is 22.6 Å². The van der Waals surface area contributed by atoms with Crippen LogP contribution in [0.2, 0.25) is 0 Å². The topological polar surface area (TPSA) is 64.6 Å². The molecule has 0 fully saturated rings. The quantitative estimate of drug-likeness (QED) is 0.517. The maximum atomic E-state index is 12.8. The molecule has 29 heavy (non-hydrogen) atoms. The Morgan fingerprint density at radius 1 is 1.00 bits per heavy atom. The first kappa shape index (κ1) is 20.5. The minimum atomic E-state index is -2.98. The second-order valence-corrected chi connectivity index (χ2v) is 7.08. The Balaban J connectivity index is 1.90. The van der Waals surface area contributed by atoms with Crippen molar-refractivity contribution >= 4 is 28.7 Å². The van der Waals surface area contributed by atoms with E-state index in [-0.39, 0.29) is 11.5 Å². The summed E-state index contributed by atoms with van der Waals surface area (Å²) < 4.78 is 35.3. The molecule has 1 heterocycles. The summed E-state index contributed by atoms with van der Waals surface area (Å²) in [6.45, 7) is -1.56. The molecule has 5 nitrogen and oxygen atoms in total. The van der Waals surface area contributed by atoms with Crippen LogP contribution < -0.4 is 14.8 Å². The molecule has 0 radical (unpaired) electrons. The summed E-state index contributed by atoms with van der Waals surface area (Å²) in [5.41, 5.74) is 1.41. The summed E-state index contributed by atoms with van der Waals surface area (Å²) in [6, 6.07) is 14.4. The first-order chi connectivity index (χ1) is 13.9. The second-order valence-electron chi connectivity index (χ2n) is 5.99.